The molecule has 2 aromatic carbocycles. The van der Waals surface area contributed by atoms with Crippen molar-refractivity contribution in [1.82, 2.24) is 9.99 Å². The number of nitrogens with zero attached hydrogens (tertiary/aromatic N) is 2. The zero-order valence-corrected chi connectivity index (χ0v) is 15.8. The minimum Gasteiger partial charge on any atom is -0.464 e. The maximum absolute atomic E-state index is 12.4. The Hall–Kier alpha value is -2.86. The molecule has 0 fully saturated rings. The second-order valence-electron chi connectivity index (χ2n) is 6.97. The molecule has 0 radical (unpaired) electrons. The van der Waals surface area contributed by atoms with Crippen molar-refractivity contribution in [1.29, 1.82) is 0 Å². The number of rotatable bonds is 3. The minimum atomic E-state index is -0.143. The number of hydrogen-bond acceptors (Lipinski definition) is 4. The van der Waals surface area contributed by atoms with E-state index >= 15 is 0 Å². The summed E-state index contributed by atoms with van der Waals surface area (Å²) < 4.78 is 8.81. The van der Waals surface area contributed by atoms with Gasteiger partial charge in [-0.1, -0.05) is 23.5 Å². The van der Waals surface area contributed by atoms with Gasteiger partial charge in [-0.05, 0) is 54.7 Å². The van der Waals surface area contributed by atoms with Crippen molar-refractivity contribution in [2.45, 2.75) is 25.7 Å². The molecule has 0 aliphatic heterocycles. The summed E-state index contributed by atoms with van der Waals surface area (Å²) in [5, 5.41) is 5.35. The molecule has 0 spiro atoms. The highest BCUT2D eigenvalue weighted by Gasteiger charge is 2.16. The van der Waals surface area contributed by atoms with Gasteiger partial charge in [-0.15, -0.1) is 5.10 Å². The van der Waals surface area contributed by atoms with E-state index in [0.29, 0.717) is 0 Å². The number of fused-ring (bicyclic) bond motifs is 3. The Morgan fingerprint density at radius 1 is 1.26 bits per heavy atom. The first-order valence-corrected chi connectivity index (χ1v) is 9.90. The summed E-state index contributed by atoms with van der Waals surface area (Å²) in [6, 6.07) is 12.4. The molecular weight excluding hydrogens is 358 g/mol. The molecule has 0 atom stereocenters. The normalized spacial score (nSPS) is 14.2. The van der Waals surface area contributed by atoms with Crippen LogP contribution in [0.1, 0.15) is 23.1 Å². The van der Waals surface area contributed by atoms with E-state index in [1.165, 1.54) is 17.5 Å². The molecular formula is C21H19N3O2S. The van der Waals surface area contributed by atoms with Gasteiger partial charge in [0.2, 0.25) is 10.7 Å². The average Bonchev–Trinajstić information content (AvgIpc) is 3.37. The molecule has 136 valence electrons. The summed E-state index contributed by atoms with van der Waals surface area (Å²) >= 11 is 1.55. The van der Waals surface area contributed by atoms with Crippen LogP contribution in [0, 0.1) is 0 Å². The second-order valence-corrected chi connectivity index (χ2v) is 7.98. The Kier molecular flexibility index (Phi) is 3.86. The smallest absolute Gasteiger partial charge is 0.244 e. The van der Waals surface area contributed by atoms with E-state index < -0.39 is 0 Å². The molecule has 2 heterocycles. The van der Waals surface area contributed by atoms with Gasteiger partial charge in [-0.2, -0.15) is 0 Å². The number of aryl methyl sites for hydroxylation is 3. The van der Waals surface area contributed by atoms with E-state index in [0.717, 1.165) is 44.4 Å². The van der Waals surface area contributed by atoms with Gasteiger partial charge in [0.15, 0.2) is 0 Å². The van der Waals surface area contributed by atoms with E-state index in [4.69, 9.17) is 4.42 Å². The van der Waals surface area contributed by atoms with Crippen molar-refractivity contribution in [3.63, 3.8) is 0 Å². The lowest BCUT2D eigenvalue weighted by Gasteiger charge is -2.01. The predicted molar refractivity (Wildman–Crippen MR) is 106 cm³/mol. The van der Waals surface area contributed by atoms with Crippen molar-refractivity contribution in [3.05, 3.63) is 64.2 Å². The third-order valence-corrected chi connectivity index (χ3v) is 6.32. The van der Waals surface area contributed by atoms with Crippen molar-refractivity contribution in [3.8, 4) is 0 Å². The number of furan rings is 1. The number of carbonyl (C=O) groups is 1. The number of aromatic nitrogens is 1. The van der Waals surface area contributed by atoms with Crippen molar-refractivity contribution < 1.29 is 9.21 Å². The van der Waals surface area contributed by atoms with Crippen LogP contribution in [-0.4, -0.2) is 10.5 Å². The van der Waals surface area contributed by atoms with Gasteiger partial charge in [0.05, 0.1) is 22.9 Å². The van der Waals surface area contributed by atoms with E-state index in [2.05, 4.69) is 28.7 Å². The van der Waals surface area contributed by atoms with Crippen LogP contribution in [0.5, 0.6) is 0 Å². The first-order valence-electron chi connectivity index (χ1n) is 9.08. The number of hydrogen-bond donors (Lipinski definition) is 1. The van der Waals surface area contributed by atoms with Gasteiger partial charge in [-0.25, -0.2) is 5.43 Å². The molecule has 1 aliphatic rings. The van der Waals surface area contributed by atoms with Crippen molar-refractivity contribution >= 4 is 38.4 Å². The van der Waals surface area contributed by atoms with Crippen LogP contribution in [0.25, 0.3) is 21.2 Å². The summed E-state index contributed by atoms with van der Waals surface area (Å²) in [6.45, 7) is 0. The van der Waals surface area contributed by atoms with E-state index in [-0.39, 0.29) is 12.3 Å². The van der Waals surface area contributed by atoms with Gasteiger partial charge in [0.1, 0.15) is 5.58 Å². The number of benzene rings is 2. The summed E-state index contributed by atoms with van der Waals surface area (Å²) in [5.74, 6) is -0.143. The van der Waals surface area contributed by atoms with Gasteiger partial charge in [0, 0.05) is 18.0 Å². The fourth-order valence-corrected chi connectivity index (χ4v) is 4.78. The van der Waals surface area contributed by atoms with Crippen molar-refractivity contribution in [2.24, 2.45) is 12.1 Å². The van der Waals surface area contributed by atoms with Gasteiger partial charge in [-0.3, -0.25) is 4.79 Å². The number of para-hydroxylation sites is 1. The molecule has 0 saturated carbocycles. The molecule has 1 amide bonds. The predicted octanol–water partition coefficient (Wildman–Crippen LogP) is 3.65. The lowest BCUT2D eigenvalue weighted by Crippen LogP contribution is -2.24. The Morgan fingerprint density at radius 2 is 2.07 bits per heavy atom. The number of nitrogens with one attached hydrogen (secondary N) is 1. The molecule has 6 heteroatoms. The molecule has 1 aliphatic carbocycles. The maximum Gasteiger partial charge on any atom is 0.244 e. The number of amides is 1. The molecule has 5 nitrogen and oxygen atoms in total. The molecule has 27 heavy (non-hydrogen) atoms. The molecule has 2 aromatic heterocycles. The highest BCUT2D eigenvalue weighted by atomic mass is 32.1. The van der Waals surface area contributed by atoms with Gasteiger partial charge >= 0.3 is 0 Å². The zero-order chi connectivity index (χ0) is 18.4. The highest BCUT2D eigenvalue weighted by Crippen LogP contribution is 2.30. The second kappa shape index (κ2) is 6.39. The maximum atomic E-state index is 12.4. The first kappa shape index (κ1) is 16.3. The van der Waals surface area contributed by atoms with Crippen LogP contribution in [0.3, 0.4) is 0 Å². The molecule has 4 aromatic rings. The van der Waals surface area contributed by atoms with Crippen LogP contribution >= 0.6 is 11.3 Å². The first-order chi connectivity index (χ1) is 13.2. The van der Waals surface area contributed by atoms with Crippen LogP contribution in [0.2, 0.25) is 0 Å². The van der Waals surface area contributed by atoms with Gasteiger partial charge < -0.3 is 8.98 Å². The fourth-order valence-electron chi connectivity index (χ4n) is 3.80. The summed E-state index contributed by atoms with van der Waals surface area (Å²) in [4.78, 5) is 13.2. The minimum absolute atomic E-state index is 0.143. The Bertz CT molecular complexity index is 1250. The van der Waals surface area contributed by atoms with Crippen LogP contribution in [0.15, 0.2) is 52.2 Å². The highest BCUT2D eigenvalue weighted by molar-refractivity contribution is 7.16. The fraction of sp³-hybridized carbons (Fsp3) is 0.238. The summed E-state index contributed by atoms with van der Waals surface area (Å²) in [5.41, 5.74) is 8.33. The zero-order valence-electron chi connectivity index (χ0n) is 15.0. The SMILES string of the molecule is Cn1/c(=N/NC(=O)Cc2coc3cc4c(cc23)CCC4)sc2ccccc21. The number of thiazole rings is 1. The average molecular weight is 377 g/mol. The van der Waals surface area contributed by atoms with Crippen LogP contribution in [-0.2, 0) is 31.1 Å². The lowest BCUT2D eigenvalue weighted by atomic mass is 10.0. The summed E-state index contributed by atoms with van der Waals surface area (Å²) in [7, 11) is 1.95. The summed E-state index contributed by atoms with van der Waals surface area (Å²) in [6.07, 6.45) is 5.37. The monoisotopic (exact) mass is 377 g/mol. The third-order valence-electron chi connectivity index (χ3n) is 5.21. The Labute approximate surface area is 159 Å². The Balaban J connectivity index is 1.39. The lowest BCUT2D eigenvalue weighted by molar-refractivity contribution is -0.120. The molecule has 0 bridgehead atoms. The third kappa shape index (κ3) is 2.86. The molecule has 1 N–H and O–H groups in total. The van der Waals surface area contributed by atoms with E-state index in [1.54, 1.807) is 17.6 Å². The quantitative estimate of drug-likeness (QED) is 0.554. The molecule has 0 unspecified atom stereocenters. The Morgan fingerprint density at radius 3 is 2.93 bits per heavy atom. The van der Waals surface area contributed by atoms with Crippen LogP contribution in [0.4, 0.5) is 0 Å². The van der Waals surface area contributed by atoms with E-state index in [1.807, 2.05) is 29.8 Å². The van der Waals surface area contributed by atoms with Crippen LogP contribution < -0.4 is 10.2 Å². The molecule has 5 rings (SSSR count). The van der Waals surface area contributed by atoms with E-state index in [9.17, 15) is 4.79 Å². The topological polar surface area (TPSA) is 59.5 Å². The molecule has 0 saturated heterocycles. The van der Waals surface area contributed by atoms with Crippen molar-refractivity contribution in [2.75, 3.05) is 0 Å². The number of carbonyl (C=O) groups excluding carboxylic acids is 1. The van der Waals surface area contributed by atoms with Gasteiger partial charge in [0.25, 0.3) is 0 Å². The largest absolute Gasteiger partial charge is 0.464 e. The standard InChI is InChI=1S/C21H19N3O2S/c1-24-17-7-2-3-8-19(17)27-21(24)23-22-20(25)11-15-12-26-18-10-14-6-4-5-13(14)9-16(15)18/h2-3,7-10,12H,4-6,11H2,1H3,(H,22,25)/b23-21-.